The Balaban J connectivity index is 2.56. The first-order valence-corrected chi connectivity index (χ1v) is 5.03. The summed E-state index contributed by atoms with van der Waals surface area (Å²) in [6, 6.07) is 1.53. The van der Waals surface area contributed by atoms with Crippen LogP contribution in [0.1, 0.15) is 0 Å². The zero-order valence-electron chi connectivity index (χ0n) is 6.84. The van der Waals surface area contributed by atoms with Crippen molar-refractivity contribution in [3.63, 3.8) is 0 Å². The van der Waals surface area contributed by atoms with Crippen LogP contribution in [-0.2, 0) is 4.74 Å². The van der Waals surface area contributed by atoms with Crippen molar-refractivity contribution in [2.45, 2.75) is 0 Å². The first-order chi connectivity index (χ1) is 6.63. The Hall–Kier alpha value is -0.890. The molecule has 0 fully saturated rings. The summed E-state index contributed by atoms with van der Waals surface area (Å²) < 4.78 is 5.46. The maximum Gasteiger partial charge on any atom is 0.412 e. The Labute approximate surface area is 95.0 Å². The van der Waals surface area contributed by atoms with Gasteiger partial charge in [0, 0.05) is 0 Å². The highest BCUT2D eigenvalue weighted by Crippen LogP contribution is 2.35. The monoisotopic (exact) mass is 249 g/mol. The molecule has 0 spiro atoms. The second kappa shape index (κ2) is 5.11. The molecule has 3 nitrogen and oxygen atoms in total. The topological polar surface area (TPSA) is 38.3 Å². The summed E-state index contributed by atoms with van der Waals surface area (Å²) in [5.74, 6) is 2.16. The number of nitrogens with one attached hydrogen (secondary N) is 1. The van der Waals surface area contributed by atoms with Crippen LogP contribution in [0.4, 0.5) is 10.5 Å². The Morgan fingerprint density at radius 2 is 2.43 bits per heavy atom. The third kappa shape index (κ3) is 3.11. The Morgan fingerprint density at radius 3 is 2.93 bits per heavy atom. The van der Waals surface area contributed by atoms with Gasteiger partial charge in [-0.25, -0.2) is 4.79 Å². The predicted octanol–water partition coefficient (Wildman–Crippen LogP) is 3.24. The minimum absolute atomic E-state index is 0.0820. The van der Waals surface area contributed by atoms with Crippen molar-refractivity contribution in [1.82, 2.24) is 0 Å². The number of amides is 1. The SMILES string of the molecule is C#CCOC(=O)Nc1cc(Cl)sc1Cl. The lowest BCUT2D eigenvalue weighted by Crippen LogP contribution is -2.13. The molecule has 0 radical (unpaired) electrons. The van der Waals surface area contributed by atoms with Crippen LogP contribution in [0.3, 0.4) is 0 Å². The van der Waals surface area contributed by atoms with Crippen molar-refractivity contribution in [3.8, 4) is 12.3 Å². The Morgan fingerprint density at radius 1 is 1.71 bits per heavy atom. The van der Waals surface area contributed by atoms with Crippen LogP contribution >= 0.6 is 34.5 Å². The van der Waals surface area contributed by atoms with Crippen LogP contribution in [0.15, 0.2) is 6.07 Å². The molecule has 0 unspecified atom stereocenters. The van der Waals surface area contributed by atoms with Crippen LogP contribution in [-0.4, -0.2) is 12.7 Å². The van der Waals surface area contributed by atoms with Gasteiger partial charge in [-0.3, -0.25) is 5.32 Å². The van der Waals surface area contributed by atoms with E-state index in [1.165, 1.54) is 6.07 Å². The Bertz CT molecular complexity index is 383. The molecule has 0 atom stereocenters. The summed E-state index contributed by atoms with van der Waals surface area (Å²) in [6.07, 6.45) is 4.25. The number of anilines is 1. The number of carbonyl (C=O) groups excluding carboxylic acids is 1. The molecule has 0 bridgehead atoms. The Kier molecular flexibility index (Phi) is 4.08. The third-order valence-electron chi connectivity index (χ3n) is 1.18. The normalized spacial score (nSPS) is 9.21. The van der Waals surface area contributed by atoms with Crippen molar-refractivity contribution in [3.05, 3.63) is 14.7 Å². The van der Waals surface area contributed by atoms with Gasteiger partial charge in [0.25, 0.3) is 0 Å². The lowest BCUT2D eigenvalue weighted by atomic mass is 10.5. The lowest BCUT2D eigenvalue weighted by Gasteiger charge is -2.01. The van der Waals surface area contributed by atoms with Gasteiger partial charge in [-0.2, -0.15) is 0 Å². The van der Waals surface area contributed by atoms with Gasteiger partial charge in [0.05, 0.1) is 10.0 Å². The molecule has 0 saturated heterocycles. The summed E-state index contributed by atoms with van der Waals surface area (Å²) in [4.78, 5) is 11.0. The number of hydrogen-bond donors (Lipinski definition) is 1. The minimum Gasteiger partial charge on any atom is -0.436 e. The van der Waals surface area contributed by atoms with Crippen LogP contribution in [0.25, 0.3) is 0 Å². The number of halogens is 2. The van der Waals surface area contributed by atoms with Crippen LogP contribution < -0.4 is 5.32 Å². The first kappa shape index (κ1) is 11.2. The van der Waals surface area contributed by atoms with E-state index in [1.54, 1.807) is 0 Å². The molecular weight excluding hydrogens is 245 g/mol. The maximum atomic E-state index is 11.0. The summed E-state index contributed by atoms with van der Waals surface area (Å²) in [6.45, 7) is -0.0820. The largest absolute Gasteiger partial charge is 0.436 e. The van der Waals surface area contributed by atoms with Gasteiger partial charge in [-0.15, -0.1) is 17.8 Å². The number of ether oxygens (including phenoxy) is 1. The molecule has 0 aromatic carbocycles. The average Bonchev–Trinajstić information content (AvgIpc) is 2.42. The number of carbonyl (C=O) groups is 1. The highest BCUT2D eigenvalue weighted by Gasteiger charge is 2.09. The molecule has 1 amide bonds. The van der Waals surface area contributed by atoms with Gasteiger partial charge in [-0.1, -0.05) is 29.1 Å². The predicted molar refractivity (Wildman–Crippen MR) is 58.1 cm³/mol. The van der Waals surface area contributed by atoms with Gasteiger partial charge in [-0.05, 0) is 6.07 Å². The molecular formula is C8H5Cl2NO2S. The number of thiophene rings is 1. The molecule has 1 aromatic rings. The van der Waals surface area contributed by atoms with Crippen molar-refractivity contribution in [2.24, 2.45) is 0 Å². The van der Waals surface area contributed by atoms with E-state index < -0.39 is 6.09 Å². The van der Waals surface area contributed by atoms with E-state index in [-0.39, 0.29) is 6.61 Å². The van der Waals surface area contributed by atoms with E-state index in [1.807, 2.05) is 0 Å². The molecule has 14 heavy (non-hydrogen) atoms. The fraction of sp³-hybridized carbons (Fsp3) is 0.125. The highest BCUT2D eigenvalue weighted by molar-refractivity contribution is 7.20. The smallest absolute Gasteiger partial charge is 0.412 e. The third-order valence-corrected chi connectivity index (χ3v) is 2.67. The van der Waals surface area contributed by atoms with Crippen LogP contribution in [0, 0.1) is 12.3 Å². The standard InChI is InChI=1S/C8H5Cl2NO2S/c1-2-3-13-8(12)11-5-4-6(9)14-7(5)10/h1,4H,3H2,(H,11,12). The second-order valence-corrected chi connectivity index (χ2v) is 4.43. The molecule has 1 N–H and O–H groups in total. The van der Waals surface area contributed by atoms with Crippen LogP contribution in [0.5, 0.6) is 0 Å². The molecule has 0 saturated carbocycles. The quantitative estimate of drug-likeness (QED) is 0.818. The zero-order chi connectivity index (χ0) is 10.6. The summed E-state index contributed by atoms with van der Waals surface area (Å²) in [7, 11) is 0. The lowest BCUT2D eigenvalue weighted by molar-refractivity contribution is 0.176. The fourth-order valence-corrected chi connectivity index (χ4v) is 2.06. The summed E-state index contributed by atoms with van der Waals surface area (Å²) >= 11 is 12.6. The van der Waals surface area contributed by atoms with Gasteiger partial charge in [0.2, 0.25) is 0 Å². The minimum atomic E-state index is -0.653. The second-order valence-electron chi connectivity index (χ2n) is 2.14. The van der Waals surface area contributed by atoms with E-state index >= 15 is 0 Å². The molecule has 6 heteroatoms. The number of terminal acetylenes is 1. The maximum absolute atomic E-state index is 11.0. The van der Waals surface area contributed by atoms with Crippen LogP contribution in [0.2, 0.25) is 8.67 Å². The van der Waals surface area contributed by atoms with E-state index in [9.17, 15) is 4.79 Å². The molecule has 74 valence electrons. The van der Waals surface area contributed by atoms with E-state index in [4.69, 9.17) is 29.6 Å². The fourth-order valence-electron chi connectivity index (χ4n) is 0.679. The van der Waals surface area contributed by atoms with Gasteiger partial charge in [0.1, 0.15) is 4.34 Å². The van der Waals surface area contributed by atoms with Gasteiger partial charge >= 0.3 is 6.09 Å². The van der Waals surface area contributed by atoms with Crippen molar-refractivity contribution < 1.29 is 9.53 Å². The van der Waals surface area contributed by atoms with Gasteiger partial charge < -0.3 is 4.74 Å². The first-order valence-electron chi connectivity index (χ1n) is 3.45. The van der Waals surface area contributed by atoms with E-state index in [0.29, 0.717) is 14.4 Å². The van der Waals surface area contributed by atoms with E-state index in [0.717, 1.165) is 11.3 Å². The highest BCUT2D eigenvalue weighted by atomic mass is 35.5. The molecule has 0 aliphatic rings. The summed E-state index contributed by atoms with van der Waals surface area (Å²) in [5.41, 5.74) is 0.420. The summed E-state index contributed by atoms with van der Waals surface area (Å²) in [5, 5.41) is 2.40. The average molecular weight is 250 g/mol. The number of hydrogen-bond acceptors (Lipinski definition) is 3. The van der Waals surface area contributed by atoms with E-state index in [2.05, 4.69) is 16.0 Å². The molecule has 0 aliphatic heterocycles. The molecule has 1 heterocycles. The van der Waals surface area contributed by atoms with Gasteiger partial charge in [0.15, 0.2) is 6.61 Å². The molecule has 0 aliphatic carbocycles. The molecule has 1 rings (SSSR count). The van der Waals surface area contributed by atoms with Crippen molar-refractivity contribution in [1.29, 1.82) is 0 Å². The molecule has 1 aromatic heterocycles. The number of rotatable bonds is 2. The van der Waals surface area contributed by atoms with Crippen molar-refractivity contribution >= 4 is 46.3 Å². The van der Waals surface area contributed by atoms with Crippen molar-refractivity contribution in [2.75, 3.05) is 11.9 Å². The zero-order valence-corrected chi connectivity index (χ0v) is 9.17.